The number of aliphatic hydroxyl groups excluding tert-OH is 1. The molecule has 0 spiro atoms. The van der Waals surface area contributed by atoms with Gasteiger partial charge in [-0.3, -0.25) is 9.59 Å². The van der Waals surface area contributed by atoms with Crippen LogP contribution < -0.4 is 0 Å². The Morgan fingerprint density at radius 1 is 1.00 bits per heavy atom. The fourth-order valence-corrected chi connectivity index (χ4v) is 2.89. The van der Waals surface area contributed by atoms with Crippen molar-refractivity contribution in [3.05, 3.63) is 71.8 Å². The van der Waals surface area contributed by atoms with Gasteiger partial charge in [-0.1, -0.05) is 60.7 Å². The van der Waals surface area contributed by atoms with Crippen molar-refractivity contribution in [1.29, 1.82) is 0 Å². The average Bonchev–Trinajstić information content (AvgIpc) is 2.66. The molecule has 2 aromatic rings. The lowest BCUT2D eigenvalue weighted by molar-refractivity contribution is -0.142. The molecular formula is C21H25NO4. The van der Waals surface area contributed by atoms with Crippen LogP contribution in [-0.2, 0) is 14.3 Å². The predicted octanol–water partition coefficient (Wildman–Crippen LogP) is 2.59. The van der Waals surface area contributed by atoms with Crippen LogP contribution >= 0.6 is 0 Å². The second-order valence-corrected chi connectivity index (χ2v) is 6.21. The van der Waals surface area contributed by atoms with Crippen LogP contribution in [-0.4, -0.2) is 48.2 Å². The molecule has 1 atom stereocenters. The summed E-state index contributed by atoms with van der Waals surface area (Å²) in [5.74, 6) is -1.02. The molecule has 5 nitrogen and oxygen atoms in total. The van der Waals surface area contributed by atoms with Crippen LogP contribution in [0.15, 0.2) is 60.7 Å². The second-order valence-electron chi connectivity index (χ2n) is 6.21. The third kappa shape index (κ3) is 5.43. The summed E-state index contributed by atoms with van der Waals surface area (Å²) >= 11 is 0. The summed E-state index contributed by atoms with van der Waals surface area (Å²) < 4.78 is 4.68. The lowest BCUT2D eigenvalue weighted by atomic mass is 9.90. The Hall–Kier alpha value is -2.66. The van der Waals surface area contributed by atoms with Crippen molar-refractivity contribution >= 4 is 11.9 Å². The van der Waals surface area contributed by atoms with Gasteiger partial charge in [-0.15, -0.1) is 0 Å². The van der Waals surface area contributed by atoms with Crippen molar-refractivity contribution in [1.82, 2.24) is 4.90 Å². The third-order valence-electron chi connectivity index (χ3n) is 4.12. The number of benzene rings is 2. The fourth-order valence-electron chi connectivity index (χ4n) is 2.89. The van der Waals surface area contributed by atoms with Gasteiger partial charge in [-0.25, -0.2) is 0 Å². The number of amides is 1. The molecule has 5 heteroatoms. The van der Waals surface area contributed by atoms with Gasteiger partial charge in [0.2, 0.25) is 5.91 Å². The summed E-state index contributed by atoms with van der Waals surface area (Å²) in [6, 6.07) is 19.0. The smallest absolute Gasteiger partial charge is 0.307 e. The maximum Gasteiger partial charge on any atom is 0.307 e. The number of rotatable bonds is 8. The fraction of sp³-hybridized carbons (Fsp3) is 0.333. The highest BCUT2D eigenvalue weighted by atomic mass is 16.5. The van der Waals surface area contributed by atoms with E-state index in [-0.39, 0.29) is 31.4 Å². The number of nitrogens with zero attached hydrogens (tertiary/aromatic N) is 1. The van der Waals surface area contributed by atoms with Gasteiger partial charge in [0, 0.05) is 13.1 Å². The minimum atomic E-state index is -0.691. The highest BCUT2D eigenvalue weighted by Gasteiger charge is 2.28. The number of carbonyl (C=O) groups is 2. The molecule has 0 saturated carbocycles. The minimum absolute atomic E-state index is 0.0886. The first-order chi connectivity index (χ1) is 12.5. The normalized spacial score (nSPS) is 11.8. The van der Waals surface area contributed by atoms with Crippen LogP contribution in [0.4, 0.5) is 0 Å². The van der Waals surface area contributed by atoms with E-state index in [0.717, 1.165) is 11.1 Å². The predicted molar refractivity (Wildman–Crippen MR) is 99.6 cm³/mol. The van der Waals surface area contributed by atoms with Crippen molar-refractivity contribution in [2.75, 3.05) is 20.2 Å². The summed E-state index contributed by atoms with van der Waals surface area (Å²) in [7, 11) is 1.32. The van der Waals surface area contributed by atoms with E-state index in [0.29, 0.717) is 0 Å². The number of hydrogen-bond donors (Lipinski definition) is 1. The molecule has 0 aliphatic heterocycles. The van der Waals surface area contributed by atoms with Crippen molar-refractivity contribution < 1.29 is 19.4 Å². The van der Waals surface area contributed by atoms with E-state index in [4.69, 9.17) is 0 Å². The van der Waals surface area contributed by atoms with Gasteiger partial charge in [-0.2, -0.15) is 0 Å². The summed E-state index contributed by atoms with van der Waals surface area (Å²) in [5, 5.41) is 9.81. The van der Waals surface area contributed by atoms with Gasteiger partial charge in [0.1, 0.15) is 0 Å². The number of methoxy groups -OCH3 is 1. The van der Waals surface area contributed by atoms with Gasteiger partial charge in [-0.05, 0) is 18.1 Å². The molecule has 0 aromatic heterocycles. The number of esters is 1. The zero-order valence-corrected chi connectivity index (χ0v) is 15.2. The molecule has 1 amide bonds. The second kappa shape index (κ2) is 9.73. The molecule has 26 heavy (non-hydrogen) atoms. The van der Waals surface area contributed by atoms with Crippen LogP contribution in [0.1, 0.15) is 30.4 Å². The van der Waals surface area contributed by atoms with E-state index in [2.05, 4.69) is 4.74 Å². The van der Waals surface area contributed by atoms with Crippen molar-refractivity contribution in [3.8, 4) is 0 Å². The topological polar surface area (TPSA) is 66.8 Å². The molecule has 0 saturated heterocycles. The molecule has 0 heterocycles. The molecular weight excluding hydrogens is 330 g/mol. The highest BCUT2D eigenvalue weighted by molar-refractivity contribution is 5.87. The van der Waals surface area contributed by atoms with E-state index in [1.807, 2.05) is 60.7 Å². The number of aliphatic hydroxyl groups is 1. The van der Waals surface area contributed by atoms with Gasteiger partial charge in [0.05, 0.1) is 25.6 Å². The number of carbonyl (C=O) groups excluding carboxylic acids is 2. The lowest BCUT2D eigenvalue weighted by Gasteiger charge is -2.29. The van der Waals surface area contributed by atoms with Gasteiger partial charge in [0.15, 0.2) is 0 Å². The van der Waals surface area contributed by atoms with Crippen LogP contribution in [0, 0.1) is 0 Å². The van der Waals surface area contributed by atoms with E-state index in [9.17, 15) is 14.7 Å². The molecule has 0 bridgehead atoms. The maximum atomic E-state index is 13.3. The number of hydrogen-bond acceptors (Lipinski definition) is 4. The Labute approximate surface area is 154 Å². The Kier molecular flexibility index (Phi) is 7.36. The van der Waals surface area contributed by atoms with Gasteiger partial charge >= 0.3 is 5.97 Å². The molecule has 1 unspecified atom stereocenters. The zero-order valence-electron chi connectivity index (χ0n) is 15.2. The Balaban J connectivity index is 2.34. The molecule has 0 fully saturated rings. The molecule has 2 rings (SSSR count). The van der Waals surface area contributed by atoms with E-state index in [1.54, 1.807) is 6.92 Å². The van der Waals surface area contributed by atoms with Gasteiger partial charge < -0.3 is 14.7 Å². The quantitative estimate of drug-likeness (QED) is 0.739. The van der Waals surface area contributed by atoms with Crippen LogP contribution in [0.2, 0.25) is 0 Å². The Morgan fingerprint density at radius 3 is 1.92 bits per heavy atom. The first kappa shape index (κ1) is 19.7. The molecule has 2 aromatic carbocycles. The molecule has 1 N–H and O–H groups in total. The van der Waals surface area contributed by atoms with Crippen molar-refractivity contribution in [2.45, 2.75) is 25.4 Å². The average molecular weight is 355 g/mol. The molecule has 0 aliphatic rings. The number of ether oxygens (including phenoxy) is 1. The Morgan fingerprint density at radius 2 is 1.50 bits per heavy atom. The highest BCUT2D eigenvalue weighted by Crippen LogP contribution is 2.27. The molecule has 138 valence electrons. The van der Waals surface area contributed by atoms with Gasteiger partial charge in [0.25, 0.3) is 0 Å². The molecule has 0 radical (unpaired) electrons. The summed E-state index contributed by atoms with van der Waals surface area (Å²) in [5.41, 5.74) is 1.75. The first-order valence-electron chi connectivity index (χ1n) is 8.66. The minimum Gasteiger partial charge on any atom is -0.469 e. The lowest BCUT2D eigenvalue weighted by Crippen LogP contribution is -2.41. The first-order valence-corrected chi connectivity index (χ1v) is 8.66. The molecule has 0 aliphatic carbocycles. The Bertz CT molecular complexity index is 661. The third-order valence-corrected chi connectivity index (χ3v) is 4.12. The summed E-state index contributed by atoms with van der Waals surface area (Å²) in [4.78, 5) is 26.4. The van der Waals surface area contributed by atoms with Crippen LogP contribution in [0.3, 0.4) is 0 Å². The van der Waals surface area contributed by atoms with E-state index in [1.165, 1.54) is 12.0 Å². The van der Waals surface area contributed by atoms with Crippen LogP contribution in [0.25, 0.3) is 0 Å². The summed E-state index contributed by atoms with van der Waals surface area (Å²) in [6.07, 6.45) is -0.602. The largest absolute Gasteiger partial charge is 0.469 e. The zero-order chi connectivity index (χ0) is 18.9. The van der Waals surface area contributed by atoms with E-state index >= 15 is 0 Å². The van der Waals surface area contributed by atoms with E-state index < -0.39 is 12.0 Å². The maximum absolute atomic E-state index is 13.3. The van der Waals surface area contributed by atoms with Crippen LogP contribution in [0.5, 0.6) is 0 Å². The summed E-state index contributed by atoms with van der Waals surface area (Å²) in [6.45, 7) is 1.98. The standard InChI is InChI=1S/C21H25NO4/c1-16(23)15-22(14-13-19(24)26-2)21(25)20(17-9-5-3-6-10-17)18-11-7-4-8-12-18/h3-12,16,20,23H,13-15H2,1-2H3. The van der Waals surface area contributed by atoms with Crippen molar-refractivity contribution in [3.63, 3.8) is 0 Å². The SMILES string of the molecule is COC(=O)CCN(CC(C)O)C(=O)C(c1ccccc1)c1ccccc1. The van der Waals surface area contributed by atoms with Crippen molar-refractivity contribution in [2.24, 2.45) is 0 Å². The monoisotopic (exact) mass is 355 g/mol.